The van der Waals surface area contributed by atoms with Gasteiger partial charge in [-0.05, 0) is 41.1 Å². The van der Waals surface area contributed by atoms with Crippen molar-refractivity contribution in [3.63, 3.8) is 0 Å². The summed E-state index contributed by atoms with van der Waals surface area (Å²) in [6, 6.07) is 13.9. The fraction of sp³-hybridized carbons (Fsp3) is 0.100. The number of rotatable bonds is 6. The van der Waals surface area contributed by atoms with Crippen LogP contribution < -0.4 is 5.32 Å². The molecule has 0 radical (unpaired) electrons. The van der Waals surface area contributed by atoms with E-state index in [9.17, 15) is 13.2 Å². The molecule has 0 atom stereocenters. The number of aromatic nitrogens is 1. The van der Waals surface area contributed by atoms with Crippen molar-refractivity contribution in [2.75, 3.05) is 19.4 Å². The largest absolute Gasteiger partial charge is 0.298 e. The van der Waals surface area contributed by atoms with E-state index >= 15 is 0 Å². The number of thiazole rings is 1. The van der Waals surface area contributed by atoms with Crippen LogP contribution >= 0.6 is 34.0 Å². The first-order chi connectivity index (χ1) is 14.4. The van der Waals surface area contributed by atoms with Crippen LogP contribution in [0.2, 0.25) is 0 Å². The summed E-state index contributed by atoms with van der Waals surface area (Å²) in [5, 5.41) is 7.28. The van der Waals surface area contributed by atoms with Gasteiger partial charge in [0.25, 0.3) is 5.91 Å². The predicted octanol–water partition coefficient (Wildman–Crippen LogP) is 5.10. The normalized spacial score (nSPS) is 11.7. The van der Waals surface area contributed by atoms with Gasteiger partial charge in [0.15, 0.2) is 5.13 Å². The van der Waals surface area contributed by atoms with Crippen LogP contribution in [-0.4, -0.2) is 37.7 Å². The maximum Gasteiger partial charge on any atom is 0.257 e. The van der Waals surface area contributed by atoms with Crippen molar-refractivity contribution in [3.05, 3.63) is 64.9 Å². The van der Waals surface area contributed by atoms with Crippen molar-refractivity contribution >= 4 is 55.1 Å². The molecule has 4 aromatic rings. The summed E-state index contributed by atoms with van der Waals surface area (Å²) in [7, 11) is -0.716. The van der Waals surface area contributed by atoms with E-state index in [2.05, 4.69) is 10.3 Å². The number of nitrogens with one attached hydrogen (secondary N) is 1. The lowest BCUT2D eigenvalue weighted by molar-refractivity contribution is 0.102. The standard InChI is InChI=1S/C20H17N3O3S4/c1-23(2)30(25,26)14-7-3-6-13(12-14)19(24)22-20-21-17(15-8-4-10-27-15)18(29-20)16-9-5-11-28-16/h3-12H,1-2H3,(H,21,22,24). The Morgan fingerprint density at radius 3 is 2.33 bits per heavy atom. The number of benzene rings is 1. The fourth-order valence-corrected chi connectivity index (χ4v) is 6.27. The lowest BCUT2D eigenvalue weighted by Gasteiger charge is -2.12. The van der Waals surface area contributed by atoms with E-state index in [0.717, 1.165) is 24.6 Å². The van der Waals surface area contributed by atoms with Crippen molar-refractivity contribution < 1.29 is 13.2 Å². The van der Waals surface area contributed by atoms with Crippen molar-refractivity contribution in [1.82, 2.24) is 9.29 Å². The van der Waals surface area contributed by atoms with Gasteiger partial charge < -0.3 is 0 Å². The SMILES string of the molecule is CN(C)S(=O)(=O)c1cccc(C(=O)Nc2nc(-c3cccs3)c(-c3cccs3)s2)c1. The molecule has 0 aliphatic carbocycles. The molecule has 1 aromatic carbocycles. The minimum atomic E-state index is -3.62. The topological polar surface area (TPSA) is 79.4 Å². The molecule has 0 spiro atoms. The van der Waals surface area contributed by atoms with Crippen molar-refractivity contribution in [2.24, 2.45) is 0 Å². The molecule has 0 bridgehead atoms. The Labute approximate surface area is 186 Å². The van der Waals surface area contributed by atoms with Crippen LogP contribution in [0.15, 0.2) is 64.2 Å². The summed E-state index contributed by atoms with van der Waals surface area (Å²) in [4.78, 5) is 20.6. The van der Waals surface area contributed by atoms with Crippen LogP contribution in [0, 0.1) is 0 Å². The van der Waals surface area contributed by atoms with Gasteiger partial charge in [-0.3, -0.25) is 10.1 Å². The number of thiophene rings is 2. The summed E-state index contributed by atoms with van der Waals surface area (Å²) in [6.45, 7) is 0. The van der Waals surface area contributed by atoms with Crippen LogP contribution in [0.25, 0.3) is 20.3 Å². The van der Waals surface area contributed by atoms with Crippen LogP contribution in [-0.2, 0) is 10.0 Å². The lowest BCUT2D eigenvalue weighted by Crippen LogP contribution is -2.22. The van der Waals surface area contributed by atoms with Crippen molar-refractivity contribution in [2.45, 2.75) is 4.90 Å². The third-order valence-corrected chi connectivity index (χ3v) is 8.93. The lowest BCUT2D eigenvalue weighted by atomic mass is 10.2. The van der Waals surface area contributed by atoms with Crippen molar-refractivity contribution in [3.8, 4) is 20.3 Å². The highest BCUT2D eigenvalue weighted by atomic mass is 32.2. The van der Waals surface area contributed by atoms with Crippen molar-refractivity contribution in [1.29, 1.82) is 0 Å². The van der Waals surface area contributed by atoms with E-state index in [1.807, 2.05) is 35.0 Å². The molecule has 6 nitrogen and oxygen atoms in total. The van der Waals surface area contributed by atoms with Crippen LogP contribution in [0.3, 0.4) is 0 Å². The second kappa shape index (κ2) is 8.40. The maximum atomic E-state index is 12.8. The minimum absolute atomic E-state index is 0.0674. The van der Waals surface area contributed by atoms with Gasteiger partial charge in [-0.25, -0.2) is 17.7 Å². The third-order valence-electron chi connectivity index (χ3n) is 4.22. The Morgan fingerprint density at radius 2 is 1.70 bits per heavy atom. The summed E-state index contributed by atoms with van der Waals surface area (Å²) in [5.74, 6) is -0.407. The van der Waals surface area contributed by atoms with E-state index in [4.69, 9.17) is 0 Å². The first-order valence-corrected chi connectivity index (χ1v) is 12.8. The van der Waals surface area contributed by atoms with E-state index in [1.165, 1.54) is 37.6 Å². The smallest absolute Gasteiger partial charge is 0.257 e. The second-order valence-electron chi connectivity index (χ2n) is 6.42. The number of carbonyl (C=O) groups excluding carboxylic acids is 1. The Hall–Kier alpha value is -2.37. The highest BCUT2D eigenvalue weighted by molar-refractivity contribution is 7.89. The summed E-state index contributed by atoms with van der Waals surface area (Å²) < 4.78 is 25.8. The number of hydrogen-bond acceptors (Lipinski definition) is 7. The van der Waals surface area contributed by atoms with Crippen LogP contribution in [0.4, 0.5) is 5.13 Å². The molecule has 4 rings (SSSR count). The van der Waals surface area contributed by atoms with Gasteiger partial charge in [0.1, 0.15) is 5.69 Å². The Morgan fingerprint density at radius 1 is 1.00 bits per heavy atom. The molecule has 0 saturated heterocycles. The second-order valence-corrected chi connectivity index (χ2v) is 11.5. The monoisotopic (exact) mass is 475 g/mol. The Balaban J connectivity index is 1.66. The summed E-state index contributed by atoms with van der Waals surface area (Å²) in [6.07, 6.45) is 0. The van der Waals surface area contributed by atoms with Gasteiger partial charge >= 0.3 is 0 Å². The number of anilines is 1. The molecular weight excluding hydrogens is 459 g/mol. The molecule has 1 amide bonds. The van der Waals surface area contributed by atoms with E-state index in [1.54, 1.807) is 34.8 Å². The van der Waals surface area contributed by atoms with E-state index in [0.29, 0.717) is 5.13 Å². The predicted molar refractivity (Wildman–Crippen MR) is 124 cm³/mol. The molecular formula is C20H17N3O3S4. The van der Waals surface area contributed by atoms with E-state index < -0.39 is 15.9 Å². The molecule has 30 heavy (non-hydrogen) atoms. The maximum absolute atomic E-state index is 12.8. The summed E-state index contributed by atoms with van der Waals surface area (Å²) >= 11 is 4.60. The molecule has 0 aliphatic heterocycles. The molecule has 3 aromatic heterocycles. The average Bonchev–Trinajstić information content (AvgIpc) is 3.48. The average molecular weight is 476 g/mol. The highest BCUT2D eigenvalue weighted by Crippen LogP contribution is 2.42. The van der Waals surface area contributed by atoms with Gasteiger partial charge in [0, 0.05) is 24.5 Å². The zero-order chi connectivity index (χ0) is 21.3. The first kappa shape index (κ1) is 20.9. The van der Waals surface area contributed by atoms with Gasteiger partial charge in [0.2, 0.25) is 10.0 Å². The van der Waals surface area contributed by atoms with Gasteiger partial charge in [-0.1, -0.05) is 29.5 Å². The molecule has 154 valence electrons. The highest BCUT2D eigenvalue weighted by Gasteiger charge is 2.21. The number of carbonyl (C=O) groups is 1. The summed E-state index contributed by atoms with van der Waals surface area (Å²) in [5.41, 5.74) is 1.08. The quantitative estimate of drug-likeness (QED) is 0.421. The Kier molecular flexibility index (Phi) is 5.85. The number of hydrogen-bond donors (Lipinski definition) is 1. The molecule has 0 aliphatic rings. The Bertz CT molecular complexity index is 1220. The molecule has 0 unspecified atom stereocenters. The van der Waals surface area contributed by atoms with Gasteiger partial charge in [-0.2, -0.15) is 0 Å². The zero-order valence-corrected chi connectivity index (χ0v) is 19.3. The van der Waals surface area contributed by atoms with E-state index in [-0.39, 0.29) is 10.5 Å². The van der Waals surface area contributed by atoms with Crippen LogP contribution in [0.5, 0.6) is 0 Å². The molecule has 0 fully saturated rings. The molecule has 0 saturated carbocycles. The first-order valence-electron chi connectivity index (χ1n) is 8.79. The number of nitrogens with zero attached hydrogens (tertiary/aromatic N) is 2. The third kappa shape index (κ3) is 4.09. The molecule has 1 N–H and O–H groups in total. The van der Waals surface area contributed by atoms with Gasteiger partial charge in [-0.15, -0.1) is 22.7 Å². The van der Waals surface area contributed by atoms with Gasteiger partial charge in [0.05, 0.1) is 14.6 Å². The fourth-order valence-electron chi connectivity index (χ4n) is 2.71. The molecule has 10 heteroatoms. The number of sulfonamides is 1. The van der Waals surface area contributed by atoms with Crippen LogP contribution in [0.1, 0.15) is 10.4 Å². The zero-order valence-electron chi connectivity index (χ0n) is 16.0. The number of amides is 1. The minimum Gasteiger partial charge on any atom is -0.298 e. The molecule has 3 heterocycles.